The van der Waals surface area contributed by atoms with Crippen molar-refractivity contribution in [3.63, 3.8) is 0 Å². The molecule has 1 heterocycles. The first-order valence-corrected chi connectivity index (χ1v) is 16.5. The maximum Gasteiger partial charge on any atom is 0.343 e. The van der Waals surface area contributed by atoms with E-state index in [4.69, 9.17) is 13.3 Å². The highest BCUT2D eigenvalue weighted by Crippen LogP contribution is 2.48. The number of benzene rings is 2. The lowest BCUT2D eigenvalue weighted by Crippen LogP contribution is -2.61. The lowest BCUT2D eigenvalue weighted by Gasteiger charge is -2.50. The van der Waals surface area contributed by atoms with Crippen molar-refractivity contribution in [1.29, 1.82) is 0 Å². The second-order valence-electron chi connectivity index (χ2n) is 10.5. The molecule has 2 aromatic carbocycles. The Labute approximate surface area is 202 Å². The van der Waals surface area contributed by atoms with Crippen LogP contribution in [0.25, 0.3) is 0 Å². The van der Waals surface area contributed by atoms with Gasteiger partial charge in [0.1, 0.15) is 5.75 Å². The van der Waals surface area contributed by atoms with Crippen molar-refractivity contribution in [2.24, 2.45) is 0 Å². The van der Waals surface area contributed by atoms with Crippen LogP contribution >= 0.6 is 0 Å². The van der Waals surface area contributed by atoms with Crippen molar-refractivity contribution in [1.82, 2.24) is 0 Å². The minimum absolute atomic E-state index is 0.331. The number of carbonyl (C=O) groups excluding carboxylic acids is 1. The summed E-state index contributed by atoms with van der Waals surface area (Å²) in [5.41, 5.74) is 4.24. The third-order valence-electron chi connectivity index (χ3n) is 7.26. The molecule has 0 bridgehead atoms. The fourth-order valence-electron chi connectivity index (χ4n) is 5.15. The van der Waals surface area contributed by atoms with E-state index >= 15 is 0 Å². The molecule has 0 saturated heterocycles. The third kappa shape index (κ3) is 5.04. The SMILES string of the molecule is CC(C)[Si]1(C(C)C)Cc2c(cccc2OC(=O)c2ccccc2)CO[Si](C(C)C)(C(C)C)O1. The van der Waals surface area contributed by atoms with Crippen molar-refractivity contribution < 1.29 is 18.1 Å². The first-order chi connectivity index (χ1) is 15.5. The molecule has 0 atom stereocenters. The van der Waals surface area contributed by atoms with Gasteiger partial charge in [-0.1, -0.05) is 85.7 Å². The average Bonchev–Trinajstić information content (AvgIpc) is 2.75. The van der Waals surface area contributed by atoms with Crippen LogP contribution in [0, 0.1) is 0 Å². The van der Waals surface area contributed by atoms with Crippen LogP contribution in [0.1, 0.15) is 76.9 Å². The van der Waals surface area contributed by atoms with Gasteiger partial charge in [-0.3, -0.25) is 0 Å². The van der Waals surface area contributed by atoms with Gasteiger partial charge in [0.2, 0.25) is 0 Å². The van der Waals surface area contributed by atoms with Crippen molar-refractivity contribution in [3.05, 3.63) is 65.2 Å². The molecule has 180 valence electrons. The van der Waals surface area contributed by atoms with Crippen molar-refractivity contribution in [2.75, 3.05) is 0 Å². The molecule has 33 heavy (non-hydrogen) atoms. The largest absolute Gasteiger partial charge is 0.434 e. The molecule has 0 spiro atoms. The molecule has 0 fully saturated rings. The molecule has 0 aromatic heterocycles. The fourth-order valence-corrected chi connectivity index (χ4v) is 17.3. The van der Waals surface area contributed by atoms with Crippen LogP contribution in [-0.2, 0) is 21.2 Å². The quantitative estimate of drug-likeness (QED) is 0.241. The van der Waals surface area contributed by atoms with E-state index in [1.807, 2.05) is 30.3 Å². The van der Waals surface area contributed by atoms with Gasteiger partial charge in [-0.25, -0.2) is 4.79 Å². The summed E-state index contributed by atoms with van der Waals surface area (Å²) in [6.07, 6.45) is 0. The van der Waals surface area contributed by atoms with E-state index in [-0.39, 0.29) is 5.97 Å². The standard InChI is InChI=1S/C27H40O4Si2/c1-19(2)32(20(3)4)18-25-24(17-29-33(31-32,21(5)6)22(7)8)15-12-16-26(25)30-27(28)23-13-10-9-11-14-23/h9-16,19-22H,17-18H2,1-8H3. The number of carbonyl (C=O) groups is 1. The lowest BCUT2D eigenvalue weighted by molar-refractivity contribution is 0.0732. The topological polar surface area (TPSA) is 44.8 Å². The second kappa shape index (κ2) is 10.3. The van der Waals surface area contributed by atoms with Gasteiger partial charge >= 0.3 is 14.5 Å². The molecule has 3 rings (SSSR count). The molecule has 0 amide bonds. The number of ether oxygens (including phenoxy) is 1. The van der Waals surface area contributed by atoms with Crippen molar-refractivity contribution in [3.8, 4) is 5.75 Å². The summed E-state index contributed by atoms with van der Waals surface area (Å²) in [4.78, 5) is 12.9. The number of hydrogen-bond acceptors (Lipinski definition) is 4. The normalized spacial score (nSPS) is 17.7. The molecule has 0 unspecified atom stereocenters. The highest BCUT2D eigenvalue weighted by atomic mass is 28.4. The van der Waals surface area contributed by atoms with Gasteiger partial charge in [0.05, 0.1) is 12.2 Å². The van der Waals surface area contributed by atoms with E-state index in [1.54, 1.807) is 12.1 Å². The molecular weight excluding hydrogens is 444 g/mol. The molecule has 6 heteroatoms. The summed E-state index contributed by atoms with van der Waals surface area (Å²) in [7, 11) is -4.85. The summed E-state index contributed by atoms with van der Waals surface area (Å²) < 4.78 is 20.2. The van der Waals surface area contributed by atoms with E-state index in [9.17, 15) is 4.79 Å². The Hall–Kier alpha value is -1.74. The maximum atomic E-state index is 12.9. The fraction of sp³-hybridized carbons (Fsp3) is 0.519. The van der Waals surface area contributed by atoms with Crippen LogP contribution in [0.15, 0.2) is 48.5 Å². The van der Waals surface area contributed by atoms with Crippen LogP contribution in [0.3, 0.4) is 0 Å². The summed E-state index contributed by atoms with van der Waals surface area (Å²) in [5, 5.41) is 0. The zero-order valence-electron chi connectivity index (χ0n) is 21.5. The van der Waals surface area contributed by atoms with E-state index in [1.165, 1.54) is 0 Å². The smallest absolute Gasteiger partial charge is 0.343 e. The van der Waals surface area contributed by atoms with Gasteiger partial charge in [-0.05, 0) is 57.5 Å². The van der Waals surface area contributed by atoms with E-state index in [2.05, 4.69) is 61.5 Å². The Morgan fingerprint density at radius 2 is 1.42 bits per heavy atom. The maximum absolute atomic E-state index is 12.9. The van der Waals surface area contributed by atoms with E-state index < -0.39 is 16.9 Å². The third-order valence-corrected chi connectivity index (χ3v) is 18.7. The van der Waals surface area contributed by atoms with Gasteiger partial charge in [0.15, 0.2) is 8.32 Å². The minimum Gasteiger partial charge on any atom is -0.434 e. The van der Waals surface area contributed by atoms with Gasteiger partial charge < -0.3 is 13.3 Å². The van der Waals surface area contributed by atoms with Crippen LogP contribution in [0.4, 0.5) is 0 Å². The summed E-state index contributed by atoms with van der Waals surface area (Å²) in [6.45, 7) is 18.7. The lowest BCUT2D eigenvalue weighted by atomic mass is 10.1. The van der Waals surface area contributed by atoms with Crippen LogP contribution < -0.4 is 4.74 Å². The van der Waals surface area contributed by atoms with Gasteiger partial charge in [-0.2, -0.15) is 0 Å². The predicted octanol–water partition coefficient (Wildman–Crippen LogP) is 7.56. The number of rotatable bonds is 6. The van der Waals surface area contributed by atoms with Crippen LogP contribution in [0.2, 0.25) is 22.2 Å². The molecule has 1 aliphatic rings. The highest BCUT2D eigenvalue weighted by molar-refractivity contribution is 6.86. The van der Waals surface area contributed by atoms with Crippen LogP contribution in [0.5, 0.6) is 5.75 Å². The van der Waals surface area contributed by atoms with E-state index in [0.717, 1.165) is 17.2 Å². The Morgan fingerprint density at radius 1 is 0.818 bits per heavy atom. The molecule has 2 aromatic rings. The predicted molar refractivity (Wildman–Crippen MR) is 139 cm³/mol. The first-order valence-electron chi connectivity index (χ1n) is 12.3. The molecule has 0 saturated carbocycles. The van der Waals surface area contributed by atoms with Crippen molar-refractivity contribution in [2.45, 2.75) is 90.2 Å². The molecule has 0 radical (unpaired) electrons. The molecule has 4 nitrogen and oxygen atoms in total. The van der Waals surface area contributed by atoms with Gasteiger partial charge in [-0.15, -0.1) is 0 Å². The molecular formula is C27H40O4Si2. The van der Waals surface area contributed by atoms with Gasteiger partial charge in [0, 0.05) is 0 Å². The molecule has 1 aliphatic heterocycles. The van der Waals surface area contributed by atoms with Crippen molar-refractivity contribution >= 4 is 22.8 Å². The molecule has 0 aliphatic carbocycles. The molecule has 0 N–H and O–H groups in total. The first kappa shape index (κ1) is 25.9. The second-order valence-corrected chi connectivity index (χ2v) is 19.9. The minimum atomic E-state index is -2.50. The zero-order chi connectivity index (χ0) is 24.4. The monoisotopic (exact) mass is 484 g/mol. The number of esters is 1. The van der Waals surface area contributed by atoms with Gasteiger partial charge in [0.25, 0.3) is 0 Å². The summed E-state index contributed by atoms with van der Waals surface area (Å²) >= 11 is 0. The summed E-state index contributed by atoms with van der Waals surface area (Å²) in [5.74, 6) is 0.303. The Kier molecular flexibility index (Phi) is 8.04. The number of fused-ring (bicyclic) bond motifs is 1. The average molecular weight is 485 g/mol. The Morgan fingerprint density at radius 3 is 1.97 bits per heavy atom. The van der Waals surface area contributed by atoms with Crippen LogP contribution in [-0.4, -0.2) is 22.8 Å². The van der Waals surface area contributed by atoms with E-state index in [0.29, 0.717) is 40.1 Å². The zero-order valence-corrected chi connectivity index (χ0v) is 23.5. The number of hydrogen-bond donors (Lipinski definition) is 0. The summed E-state index contributed by atoms with van der Waals surface area (Å²) in [6, 6.07) is 16.0. The highest BCUT2D eigenvalue weighted by Gasteiger charge is 2.55. The Balaban J connectivity index is 2.12. The Bertz CT molecular complexity index is 938.